The van der Waals surface area contributed by atoms with Crippen molar-refractivity contribution in [3.8, 4) is 0 Å². The first-order valence-electron chi connectivity index (χ1n) is 4.35. The molecule has 1 aliphatic rings. The molecular formula is C9H18O. The third kappa shape index (κ3) is 1.20. The lowest BCUT2D eigenvalue weighted by molar-refractivity contribution is -0.0357. The van der Waals surface area contributed by atoms with Gasteiger partial charge < -0.3 is 4.74 Å². The molecule has 1 heterocycles. The lowest BCUT2D eigenvalue weighted by Gasteiger charge is -2.31. The summed E-state index contributed by atoms with van der Waals surface area (Å²) in [5.74, 6) is 0.681. The van der Waals surface area contributed by atoms with E-state index in [0.717, 1.165) is 6.61 Å². The van der Waals surface area contributed by atoms with Crippen LogP contribution in [0, 0.1) is 5.92 Å². The lowest BCUT2D eigenvalue weighted by Crippen LogP contribution is -2.33. The van der Waals surface area contributed by atoms with Gasteiger partial charge in [-0.2, -0.15) is 0 Å². The van der Waals surface area contributed by atoms with E-state index in [2.05, 4.69) is 20.8 Å². The molecule has 0 aromatic rings. The second-order valence-electron chi connectivity index (χ2n) is 3.53. The molecule has 0 saturated carbocycles. The molecule has 1 rings (SSSR count). The summed E-state index contributed by atoms with van der Waals surface area (Å²) < 4.78 is 5.75. The van der Waals surface area contributed by atoms with Crippen LogP contribution in [-0.4, -0.2) is 12.2 Å². The van der Waals surface area contributed by atoms with E-state index in [0.29, 0.717) is 5.92 Å². The molecular weight excluding hydrogens is 124 g/mol. The van der Waals surface area contributed by atoms with E-state index in [1.807, 2.05) is 0 Å². The van der Waals surface area contributed by atoms with E-state index in [9.17, 15) is 0 Å². The Morgan fingerprint density at radius 1 is 1.50 bits per heavy atom. The second-order valence-corrected chi connectivity index (χ2v) is 3.53. The summed E-state index contributed by atoms with van der Waals surface area (Å²) >= 11 is 0. The molecule has 1 fully saturated rings. The van der Waals surface area contributed by atoms with Crippen molar-refractivity contribution in [3.05, 3.63) is 0 Å². The summed E-state index contributed by atoms with van der Waals surface area (Å²) in [5, 5.41) is 0. The van der Waals surface area contributed by atoms with Gasteiger partial charge in [-0.15, -0.1) is 0 Å². The van der Waals surface area contributed by atoms with Crippen LogP contribution < -0.4 is 0 Å². The van der Waals surface area contributed by atoms with Gasteiger partial charge in [0, 0.05) is 6.61 Å². The normalized spacial score (nSPS) is 33.6. The molecule has 1 aliphatic heterocycles. The fraction of sp³-hybridized carbons (Fsp3) is 1.00. The Hall–Kier alpha value is -0.0400. The fourth-order valence-electron chi connectivity index (χ4n) is 1.86. The van der Waals surface area contributed by atoms with Crippen molar-refractivity contribution in [1.82, 2.24) is 0 Å². The molecule has 0 amide bonds. The smallest absolute Gasteiger partial charge is 0.0703 e. The van der Waals surface area contributed by atoms with Crippen molar-refractivity contribution in [2.45, 2.75) is 45.6 Å². The second kappa shape index (κ2) is 2.91. The molecule has 0 N–H and O–H groups in total. The summed E-state index contributed by atoms with van der Waals surface area (Å²) in [6, 6.07) is 0. The molecule has 0 aliphatic carbocycles. The highest BCUT2D eigenvalue weighted by Gasteiger charge is 2.35. The van der Waals surface area contributed by atoms with E-state index < -0.39 is 0 Å². The third-order valence-corrected chi connectivity index (χ3v) is 2.78. The lowest BCUT2D eigenvalue weighted by atomic mass is 9.85. The highest BCUT2D eigenvalue weighted by atomic mass is 16.5. The van der Waals surface area contributed by atoms with Crippen molar-refractivity contribution in [3.63, 3.8) is 0 Å². The Morgan fingerprint density at radius 3 is 2.40 bits per heavy atom. The molecule has 1 heteroatoms. The van der Waals surface area contributed by atoms with Gasteiger partial charge in [0.25, 0.3) is 0 Å². The number of hydrogen-bond acceptors (Lipinski definition) is 1. The first kappa shape index (κ1) is 8.06. The highest BCUT2D eigenvalue weighted by molar-refractivity contribution is 4.86. The summed E-state index contributed by atoms with van der Waals surface area (Å²) in [4.78, 5) is 0. The van der Waals surface area contributed by atoms with E-state index in [1.54, 1.807) is 0 Å². The molecule has 0 unspecified atom stereocenters. The molecule has 1 nitrogen and oxygen atoms in total. The molecule has 60 valence electrons. The molecule has 0 bridgehead atoms. The summed E-state index contributed by atoms with van der Waals surface area (Å²) in [5.41, 5.74) is 0.236. The summed E-state index contributed by atoms with van der Waals surface area (Å²) in [6.07, 6.45) is 3.69. The number of hydrogen-bond donors (Lipinski definition) is 0. The van der Waals surface area contributed by atoms with E-state index in [4.69, 9.17) is 4.74 Å². The van der Waals surface area contributed by atoms with Crippen LogP contribution in [0.25, 0.3) is 0 Å². The average molecular weight is 142 g/mol. The molecule has 0 spiro atoms. The van der Waals surface area contributed by atoms with Gasteiger partial charge in [-0.1, -0.05) is 20.8 Å². The zero-order valence-electron chi connectivity index (χ0n) is 7.31. The minimum absolute atomic E-state index is 0.236. The maximum absolute atomic E-state index is 5.75. The Balaban J connectivity index is 2.58. The number of ether oxygens (including phenoxy) is 1. The van der Waals surface area contributed by atoms with E-state index in [1.165, 1.54) is 19.3 Å². The SMILES string of the molecule is CC[C@]1(C(C)C)CCCO1. The van der Waals surface area contributed by atoms with Crippen LogP contribution in [0.3, 0.4) is 0 Å². The van der Waals surface area contributed by atoms with E-state index in [-0.39, 0.29) is 5.60 Å². The van der Waals surface area contributed by atoms with Crippen LogP contribution in [0.1, 0.15) is 40.0 Å². The molecule has 0 aromatic carbocycles. The van der Waals surface area contributed by atoms with Crippen LogP contribution in [0.5, 0.6) is 0 Å². The van der Waals surface area contributed by atoms with Crippen LogP contribution >= 0.6 is 0 Å². The maximum atomic E-state index is 5.75. The standard InChI is InChI=1S/C9H18O/c1-4-9(8(2)3)6-5-7-10-9/h8H,4-7H2,1-3H3/t9-/m1/s1. The van der Waals surface area contributed by atoms with Crippen molar-refractivity contribution in [1.29, 1.82) is 0 Å². The average Bonchev–Trinajstić information content (AvgIpc) is 2.35. The molecule has 0 radical (unpaired) electrons. The van der Waals surface area contributed by atoms with Gasteiger partial charge in [0.15, 0.2) is 0 Å². The maximum Gasteiger partial charge on any atom is 0.0703 e. The minimum Gasteiger partial charge on any atom is -0.375 e. The van der Waals surface area contributed by atoms with Gasteiger partial charge in [0.1, 0.15) is 0 Å². The molecule has 10 heavy (non-hydrogen) atoms. The van der Waals surface area contributed by atoms with Crippen molar-refractivity contribution < 1.29 is 4.74 Å². The first-order chi connectivity index (χ1) is 4.71. The zero-order chi connectivity index (χ0) is 7.61. The Morgan fingerprint density at radius 2 is 2.20 bits per heavy atom. The summed E-state index contributed by atoms with van der Waals surface area (Å²) in [7, 11) is 0. The van der Waals surface area contributed by atoms with E-state index >= 15 is 0 Å². The first-order valence-corrected chi connectivity index (χ1v) is 4.35. The van der Waals surface area contributed by atoms with Crippen LogP contribution in [-0.2, 0) is 4.74 Å². The van der Waals surface area contributed by atoms with Crippen LogP contribution in [0.15, 0.2) is 0 Å². The van der Waals surface area contributed by atoms with Crippen molar-refractivity contribution in [2.24, 2.45) is 5.92 Å². The van der Waals surface area contributed by atoms with Gasteiger partial charge in [0.05, 0.1) is 5.60 Å². The monoisotopic (exact) mass is 142 g/mol. The van der Waals surface area contributed by atoms with Crippen LogP contribution in [0.2, 0.25) is 0 Å². The highest BCUT2D eigenvalue weighted by Crippen LogP contribution is 2.35. The van der Waals surface area contributed by atoms with Gasteiger partial charge in [0.2, 0.25) is 0 Å². The summed E-state index contributed by atoms with van der Waals surface area (Å²) in [6.45, 7) is 7.72. The van der Waals surface area contributed by atoms with Crippen molar-refractivity contribution in [2.75, 3.05) is 6.61 Å². The minimum atomic E-state index is 0.236. The van der Waals surface area contributed by atoms with Gasteiger partial charge >= 0.3 is 0 Å². The largest absolute Gasteiger partial charge is 0.375 e. The predicted octanol–water partition coefficient (Wildman–Crippen LogP) is 2.60. The molecule has 1 atom stereocenters. The van der Waals surface area contributed by atoms with Crippen molar-refractivity contribution >= 4 is 0 Å². The van der Waals surface area contributed by atoms with Gasteiger partial charge in [-0.25, -0.2) is 0 Å². The van der Waals surface area contributed by atoms with Crippen LogP contribution in [0.4, 0.5) is 0 Å². The van der Waals surface area contributed by atoms with Gasteiger partial charge in [-0.05, 0) is 25.2 Å². The Kier molecular flexibility index (Phi) is 2.35. The number of rotatable bonds is 2. The molecule has 1 saturated heterocycles. The quantitative estimate of drug-likeness (QED) is 0.576. The topological polar surface area (TPSA) is 9.23 Å². The Labute approximate surface area is 63.8 Å². The third-order valence-electron chi connectivity index (χ3n) is 2.78. The Bertz CT molecular complexity index is 101. The molecule has 0 aromatic heterocycles. The zero-order valence-corrected chi connectivity index (χ0v) is 7.31. The van der Waals surface area contributed by atoms with Gasteiger partial charge in [-0.3, -0.25) is 0 Å². The fourth-order valence-corrected chi connectivity index (χ4v) is 1.86. The predicted molar refractivity (Wildman–Crippen MR) is 43.0 cm³/mol.